The lowest BCUT2D eigenvalue weighted by Gasteiger charge is -2.53. The number of piperidine rings is 2. The van der Waals surface area contributed by atoms with Gasteiger partial charge in [0.1, 0.15) is 12.2 Å². The van der Waals surface area contributed by atoms with Crippen molar-refractivity contribution in [2.24, 2.45) is 23.0 Å². The number of fused-ring (bicyclic) bond motifs is 1. The summed E-state index contributed by atoms with van der Waals surface area (Å²) in [7, 11) is 2.02. The third kappa shape index (κ3) is 8.68. The number of aryl methyl sites for hydroxylation is 3. The molecule has 2 aromatic carbocycles. The molecule has 15 heteroatoms. The largest absolute Gasteiger partial charge is 0.473 e. The molecule has 0 unspecified atom stereocenters. The summed E-state index contributed by atoms with van der Waals surface area (Å²) >= 11 is 6.42. The van der Waals surface area contributed by atoms with E-state index in [-0.39, 0.29) is 17.4 Å². The van der Waals surface area contributed by atoms with Crippen LogP contribution in [0.3, 0.4) is 0 Å². The van der Waals surface area contributed by atoms with E-state index in [1.165, 1.54) is 65.0 Å². The molecule has 1 amide bonds. The number of carbonyl (C=O) groups is 1. The molecule has 5 fully saturated rings. The molecule has 8 aliphatic rings. The summed E-state index contributed by atoms with van der Waals surface area (Å²) in [5.74, 6) is 2.74. The van der Waals surface area contributed by atoms with Gasteiger partial charge in [0, 0.05) is 106 Å². The summed E-state index contributed by atoms with van der Waals surface area (Å²) in [6.45, 7) is 13.7. The second-order valence-electron chi connectivity index (χ2n) is 22.5. The molecule has 0 radical (unpaired) electrons. The number of carbonyl (C=O) groups excluding carboxylic acids is 1. The summed E-state index contributed by atoms with van der Waals surface area (Å²) in [5.41, 5.74) is 12.3. The molecule has 71 heavy (non-hydrogen) atoms. The van der Waals surface area contributed by atoms with Crippen LogP contribution in [0, 0.1) is 29.1 Å². The molecule has 0 N–H and O–H groups in total. The third-order valence-electron chi connectivity index (χ3n) is 18.0. The highest BCUT2D eigenvalue weighted by Crippen LogP contribution is 2.51. The smallest absolute Gasteiger partial charge is 0.233 e. The lowest BCUT2D eigenvalue weighted by atomic mass is 9.61. The number of amidine groups is 1. The van der Waals surface area contributed by atoms with E-state index in [0.717, 1.165) is 133 Å². The van der Waals surface area contributed by atoms with E-state index in [2.05, 4.69) is 83.8 Å². The number of rotatable bonds is 6. The van der Waals surface area contributed by atoms with Crippen LogP contribution in [0.2, 0.25) is 5.02 Å². The van der Waals surface area contributed by atoms with Crippen molar-refractivity contribution in [1.29, 1.82) is 5.26 Å². The summed E-state index contributed by atoms with van der Waals surface area (Å²) in [5, 5.41) is 24.6. The maximum atomic E-state index is 12.7. The van der Waals surface area contributed by atoms with Crippen LogP contribution in [0.4, 0.5) is 17.2 Å². The van der Waals surface area contributed by atoms with E-state index in [4.69, 9.17) is 21.4 Å². The molecule has 1 atom stereocenters. The Morgan fingerprint density at radius 1 is 0.915 bits per heavy atom. The van der Waals surface area contributed by atoms with Crippen molar-refractivity contribution in [3.05, 3.63) is 88.0 Å². The molecule has 4 aromatic rings. The highest BCUT2D eigenvalue weighted by molar-refractivity contribution is 6.32. The van der Waals surface area contributed by atoms with Gasteiger partial charge in [0.15, 0.2) is 11.5 Å². The van der Waals surface area contributed by atoms with E-state index in [1.807, 2.05) is 47.1 Å². The fraction of sp³-hybridized carbons (Fsp3) is 0.554. The SMILES string of the molecule is CC(=O)N1CCC2=C(C1)C(N1CCCc3cc(-c4cn(C)cn4)c(C)cc31)=N[N+]2=C1CCC(N2CCC3(CC2)CC(Oc2ccc(N4CCC5(CC4)C[C@H](C)N(c4ccc(C#N)c(Cl)c4)C5)nn2)C3)CC1. The lowest BCUT2D eigenvalue weighted by molar-refractivity contribution is -0.484. The van der Waals surface area contributed by atoms with Crippen molar-refractivity contribution in [2.45, 2.75) is 129 Å². The second-order valence-corrected chi connectivity index (χ2v) is 22.9. The normalized spacial score (nSPS) is 24.3. The molecule has 2 saturated carbocycles. The van der Waals surface area contributed by atoms with E-state index >= 15 is 0 Å². The number of nitrogens with zero attached hydrogens (tertiary/aromatic N) is 12. The Balaban J connectivity index is 0.634. The van der Waals surface area contributed by atoms with Gasteiger partial charge in [-0.3, -0.25) is 4.79 Å². The predicted octanol–water partition coefficient (Wildman–Crippen LogP) is 8.90. The Kier molecular flexibility index (Phi) is 12.0. The number of ether oxygens (including phenoxy) is 1. The first kappa shape index (κ1) is 46.3. The topological polar surface area (TPSA) is 125 Å². The van der Waals surface area contributed by atoms with Crippen LogP contribution in [0.1, 0.15) is 114 Å². The van der Waals surface area contributed by atoms with E-state index in [9.17, 15) is 10.1 Å². The van der Waals surface area contributed by atoms with Gasteiger partial charge in [0.25, 0.3) is 0 Å². The van der Waals surface area contributed by atoms with E-state index in [1.54, 1.807) is 6.92 Å². The maximum Gasteiger partial charge on any atom is 0.233 e. The number of hydrazone groups is 1. The Hall–Kier alpha value is -5.78. The number of hydrogen-bond donors (Lipinski definition) is 0. The number of imidazole rings is 1. The number of halogens is 1. The van der Waals surface area contributed by atoms with Gasteiger partial charge in [-0.05, 0) is 156 Å². The fourth-order valence-corrected chi connectivity index (χ4v) is 14.2. The summed E-state index contributed by atoms with van der Waals surface area (Å²) < 4.78 is 10.8. The van der Waals surface area contributed by atoms with E-state index < -0.39 is 0 Å². The van der Waals surface area contributed by atoms with Crippen LogP contribution in [0.15, 0.2) is 71.4 Å². The van der Waals surface area contributed by atoms with Gasteiger partial charge in [-0.2, -0.15) is 5.26 Å². The lowest BCUT2D eigenvalue weighted by Crippen LogP contribution is -2.53. The van der Waals surface area contributed by atoms with E-state index in [0.29, 0.717) is 40.5 Å². The van der Waals surface area contributed by atoms with Crippen LogP contribution < -0.4 is 19.4 Å². The zero-order valence-electron chi connectivity index (χ0n) is 42.0. The predicted molar refractivity (Wildman–Crippen MR) is 278 cm³/mol. The Bertz CT molecular complexity index is 2860. The summed E-state index contributed by atoms with van der Waals surface area (Å²) in [6.07, 6.45) is 19.6. The zero-order valence-corrected chi connectivity index (χ0v) is 42.8. The first-order valence-electron chi connectivity index (χ1n) is 26.5. The number of likely N-dealkylation sites (tertiary alicyclic amines) is 1. The van der Waals surface area contributed by atoms with Crippen molar-refractivity contribution >= 4 is 46.2 Å². The standard InChI is InChI=1S/C56H68ClN12O2/c1-37-26-51-40(27-46(37)49-34-63(4)36-59-49)6-5-20-67(51)54-47-33-66(39(3)70)21-15-50(47)69(62-54)43-11-9-42(10-12-43)64-22-16-55(17-23-64)30-45(31-55)71-53-14-13-52(60-61-53)65-24-18-56(19-25-65)29-38(2)68(35-56)44-8-7-41(32-58)48(57)28-44/h7-8,13-14,26-28,34,36,38,42,45H,5-6,9-12,15-25,29-31,33,35H2,1-4H3/q+1/t38-,42?/m0/s1. The average Bonchev–Trinajstić information content (AvgIpc) is 4.08. The quantitative estimate of drug-likeness (QED) is 0.173. The Morgan fingerprint density at radius 3 is 2.41 bits per heavy atom. The van der Waals surface area contributed by atoms with Crippen molar-refractivity contribution in [2.75, 3.05) is 67.1 Å². The van der Waals surface area contributed by atoms with Crippen LogP contribution in [-0.2, 0) is 18.3 Å². The average molecular weight is 977 g/mol. The van der Waals surface area contributed by atoms with Crippen molar-refractivity contribution in [3.63, 3.8) is 0 Å². The number of amides is 1. The summed E-state index contributed by atoms with van der Waals surface area (Å²) in [6, 6.07) is 17.9. The minimum atomic E-state index is 0.133. The van der Waals surface area contributed by atoms with Crippen molar-refractivity contribution in [3.8, 4) is 23.2 Å². The molecule has 6 aliphatic heterocycles. The molecule has 2 aromatic heterocycles. The molecular weight excluding hydrogens is 908 g/mol. The van der Waals surface area contributed by atoms with Crippen LogP contribution in [-0.4, -0.2) is 122 Å². The molecule has 370 valence electrons. The second kappa shape index (κ2) is 18.4. The van der Waals surface area contributed by atoms with Gasteiger partial charge in [-0.25, -0.2) is 4.98 Å². The third-order valence-corrected chi connectivity index (χ3v) is 18.3. The van der Waals surface area contributed by atoms with Gasteiger partial charge in [0.05, 0.1) is 41.1 Å². The molecule has 8 heterocycles. The molecular formula is C56H68ClN12O2+. The van der Waals surface area contributed by atoms with Crippen LogP contribution >= 0.6 is 11.6 Å². The highest BCUT2D eigenvalue weighted by Gasteiger charge is 2.49. The van der Waals surface area contributed by atoms with Crippen molar-refractivity contribution in [1.82, 2.24) is 29.5 Å². The first-order chi connectivity index (χ1) is 34.4. The number of benzene rings is 2. The fourth-order valence-electron chi connectivity index (χ4n) is 13.9. The minimum Gasteiger partial charge on any atom is -0.473 e. The van der Waals surface area contributed by atoms with Gasteiger partial charge in [0.2, 0.25) is 23.3 Å². The molecule has 0 bridgehead atoms. The first-order valence-corrected chi connectivity index (χ1v) is 26.9. The number of anilines is 3. The van der Waals surface area contributed by atoms with Gasteiger partial charge in [-0.1, -0.05) is 16.3 Å². The van der Waals surface area contributed by atoms with Crippen LogP contribution in [0.5, 0.6) is 5.88 Å². The van der Waals surface area contributed by atoms with Gasteiger partial charge in [-0.15, -0.1) is 10.2 Å². The molecule has 2 aliphatic carbocycles. The summed E-state index contributed by atoms with van der Waals surface area (Å²) in [4.78, 5) is 29.5. The highest BCUT2D eigenvalue weighted by atomic mass is 35.5. The Morgan fingerprint density at radius 2 is 1.70 bits per heavy atom. The number of nitriles is 1. The van der Waals surface area contributed by atoms with Gasteiger partial charge >= 0.3 is 0 Å². The maximum absolute atomic E-state index is 12.7. The van der Waals surface area contributed by atoms with Crippen LogP contribution in [0.25, 0.3) is 11.3 Å². The van der Waals surface area contributed by atoms with Gasteiger partial charge < -0.3 is 33.8 Å². The molecule has 12 rings (SSSR count). The minimum absolute atomic E-state index is 0.133. The number of hydrogen-bond acceptors (Lipinski definition) is 11. The zero-order chi connectivity index (χ0) is 48.6. The monoisotopic (exact) mass is 976 g/mol. The molecule has 3 saturated heterocycles. The number of aromatic nitrogens is 4. The van der Waals surface area contributed by atoms with Crippen molar-refractivity contribution < 1.29 is 14.2 Å². The Labute approximate surface area is 423 Å². The molecule has 2 spiro atoms. The molecule has 14 nitrogen and oxygen atoms in total.